The highest BCUT2D eigenvalue weighted by atomic mass is 32.1. The summed E-state index contributed by atoms with van der Waals surface area (Å²) in [6.07, 6.45) is 24.6. The van der Waals surface area contributed by atoms with Gasteiger partial charge in [0.25, 0.3) is 0 Å². The van der Waals surface area contributed by atoms with Crippen molar-refractivity contribution in [2.75, 3.05) is 57.6 Å². The molecule has 0 saturated heterocycles. The molecule has 4 aliphatic carbocycles. The van der Waals surface area contributed by atoms with Crippen LogP contribution in [-0.2, 0) is 16.1 Å². The van der Waals surface area contributed by atoms with Crippen molar-refractivity contribution in [3.63, 3.8) is 0 Å². The lowest BCUT2D eigenvalue weighted by Gasteiger charge is -2.65. The number of rotatable bonds is 29. The molecule has 72 heavy (non-hydrogen) atoms. The minimum absolute atomic E-state index is 0.0396. The van der Waals surface area contributed by atoms with Gasteiger partial charge in [0.05, 0.1) is 28.6 Å². The highest BCUT2D eigenvalue weighted by Crippen LogP contribution is 2.68. The number of carbonyl (C=O) groups excluding carboxylic acids is 1. The Balaban J connectivity index is 0.956. The third-order valence-corrected chi connectivity index (χ3v) is 16.9. The van der Waals surface area contributed by atoms with Gasteiger partial charge in [0.2, 0.25) is 5.91 Å². The van der Waals surface area contributed by atoms with Gasteiger partial charge in [-0.3, -0.25) is 9.48 Å². The number of carbonyl (C=O) groups is 2. The van der Waals surface area contributed by atoms with Gasteiger partial charge in [0, 0.05) is 56.5 Å². The smallest absolute Gasteiger partial charge is 0.355 e. The van der Waals surface area contributed by atoms with E-state index in [9.17, 15) is 14.7 Å². The summed E-state index contributed by atoms with van der Waals surface area (Å²) in [5.74, 6) is 1.32. The van der Waals surface area contributed by atoms with Crippen LogP contribution >= 0.6 is 11.3 Å². The van der Waals surface area contributed by atoms with Crippen molar-refractivity contribution >= 4 is 56.0 Å². The largest absolute Gasteiger partial charge is 0.476 e. The van der Waals surface area contributed by atoms with Crippen LogP contribution in [0.4, 0.5) is 22.6 Å². The van der Waals surface area contributed by atoms with Crippen molar-refractivity contribution < 1.29 is 19.4 Å². The number of carboxylic acids is 1. The summed E-state index contributed by atoms with van der Waals surface area (Å²) < 4.78 is 10.0. The molecule has 15 heteroatoms. The number of nitrogens with zero attached hydrogens (tertiary/aromatic N) is 9. The molecular formula is C57H82N10O4S. The number of aromatic carboxylic acids is 1. The van der Waals surface area contributed by atoms with Gasteiger partial charge in [0.1, 0.15) is 5.82 Å². The second-order valence-electron chi connectivity index (χ2n) is 22.6. The number of thiazole rings is 1. The van der Waals surface area contributed by atoms with E-state index in [0.29, 0.717) is 54.9 Å². The Morgan fingerprint density at radius 2 is 1.56 bits per heavy atom. The van der Waals surface area contributed by atoms with Gasteiger partial charge >= 0.3 is 5.97 Å². The van der Waals surface area contributed by atoms with Gasteiger partial charge in [0.15, 0.2) is 22.5 Å². The first-order valence-corrected chi connectivity index (χ1v) is 28.0. The van der Waals surface area contributed by atoms with E-state index in [0.717, 1.165) is 96.8 Å². The van der Waals surface area contributed by atoms with E-state index in [4.69, 9.17) is 24.9 Å². The topological polar surface area (TPSA) is 155 Å². The van der Waals surface area contributed by atoms with Crippen molar-refractivity contribution in [2.45, 2.75) is 168 Å². The minimum atomic E-state index is -1.11. The Hall–Kier alpha value is -4.99. The molecule has 4 saturated carbocycles. The Bertz CT molecular complexity index is 2580. The molecule has 0 spiro atoms. The third-order valence-electron chi connectivity index (χ3n) is 15.9. The monoisotopic (exact) mass is 1000 g/mol. The number of anilines is 4. The van der Waals surface area contributed by atoms with Crippen molar-refractivity contribution in [1.29, 1.82) is 0 Å². The summed E-state index contributed by atoms with van der Waals surface area (Å²) in [6.45, 7) is 12.3. The number of benzene rings is 1. The summed E-state index contributed by atoms with van der Waals surface area (Å²) in [6, 6.07) is 13.7. The lowest BCUT2D eigenvalue weighted by atomic mass is 9.43. The van der Waals surface area contributed by atoms with Gasteiger partial charge in [-0.1, -0.05) is 102 Å². The predicted octanol–water partition coefficient (Wildman–Crippen LogP) is 12.8. The van der Waals surface area contributed by atoms with Gasteiger partial charge < -0.3 is 29.9 Å². The summed E-state index contributed by atoms with van der Waals surface area (Å²) >= 11 is 1.55. The average molecular weight is 1000 g/mol. The maximum Gasteiger partial charge on any atom is 0.355 e. The number of unbranched alkanes of at least 4 members (excludes halogenated alkanes) is 11. The molecule has 9 rings (SSSR count). The zero-order valence-electron chi connectivity index (χ0n) is 44.5. The fourth-order valence-electron chi connectivity index (χ4n) is 13.0. The van der Waals surface area contributed by atoms with Gasteiger partial charge in [-0.2, -0.15) is 5.10 Å². The number of amides is 1. The fraction of sp³-hybridized carbons (Fsp3) is 0.632. The molecule has 4 fully saturated rings. The summed E-state index contributed by atoms with van der Waals surface area (Å²) in [5, 5.41) is 29.2. The van der Waals surface area contributed by atoms with Gasteiger partial charge in [-0.25, -0.2) is 14.8 Å². The first-order valence-electron chi connectivity index (χ1n) is 27.2. The van der Waals surface area contributed by atoms with E-state index in [1.807, 2.05) is 72.4 Å². The molecule has 1 aromatic carbocycles. The molecule has 14 nitrogen and oxygen atoms in total. The number of para-hydroxylation sites is 1. The lowest BCUT2D eigenvalue weighted by Crippen LogP contribution is -2.61. The molecule has 4 atom stereocenters. The van der Waals surface area contributed by atoms with Crippen molar-refractivity contribution in [3.8, 4) is 11.1 Å². The fourth-order valence-corrected chi connectivity index (χ4v) is 13.8. The van der Waals surface area contributed by atoms with Crippen molar-refractivity contribution in [1.82, 2.24) is 39.7 Å². The predicted molar refractivity (Wildman–Crippen MR) is 291 cm³/mol. The molecular weight excluding hydrogens is 921 g/mol. The number of aromatic nitrogens is 6. The molecule has 4 aliphatic rings. The van der Waals surface area contributed by atoms with Gasteiger partial charge in [-0.15, -0.1) is 10.2 Å². The summed E-state index contributed by atoms with van der Waals surface area (Å²) in [7, 11) is 6.10. The highest BCUT2D eigenvalue weighted by Gasteiger charge is 2.62. The summed E-state index contributed by atoms with van der Waals surface area (Å²) in [4.78, 5) is 42.0. The molecule has 0 radical (unpaired) electrons. The molecule has 390 valence electrons. The van der Waals surface area contributed by atoms with Crippen LogP contribution in [0, 0.1) is 30.6 Å². The molecule has 4 unspecified atom stereocenters. The lowest BCUT2D eigenvalue weighted by molar-refractivity contribution is -0.223. The second kappa shape index (κ2) is 23.9. The van der Waals surface area contributed by atoms with Crippen LogP contribution in [0.5, 0.6) is 0 Å². The normalized spacial score (nSPS) is 21.2. The van der Waals surface area contributed by atoms with Crippen LogP contribution in [-0.4, -0.2) is 110 Å². The van der Waals surface area contributed by atoms with E-state index in [-0.39, 0.29) is 28.0 Å². The Morgan fingerprint density at radius 1 is 0.819 bits per heavy atom. The summed E-state index contributed by atoms with van der Waals surface area (Å²) in [5.41, 5.74) is 4.21. The molecule has 4 bridgehead atoms. The Kier molecular flexibility index (Phi) is 17.7. The number of pyridine rings is 1. The van der Waals surface area contributed by atoms with E-state index in [1.165, 1.54) is 70.6 Å². The molecule has 4 heterocycles. The van der Waals surface area contributed by atoms with Crippen LogP contribution in [0.15, 0.2) is 48.7 Å². The zero-order valence-corrected chi connectivity index (χ0v) is 45.3. The van der Waals surface area contributed by atoms with E-state index in [1.54, 1.807) is 11.3 Å². The first kappa shape index (κ1) is 53.3. The third kappa shape index (κ3) is 13.2. The number of hydrogen-bond acceptors (Lipinski definition) is 12. The molecule has 5 aromatic rings. The van der Waals surface area contributed by atoms with E-state index >= 15 is 0 Å². The van der Waals surface area contributed by atoms with Gasteiger partial charge in [-0.05, 0) is 138 Å². The number of likely N-dealkylation sites (N-methyl/N-ethyl adjacent to an activating group) is 1. The number of hydrogen-bond donors (Lipinski definition) is 2. The number of fused-ring (bicyclic) bond motifs is 1. The van der Waals surface area contributed by atoms with E-state index < -0.39 is 5.97 Å². The SMILES string of the molecule is CCCCCCCCCCCCCC(=O)N(C)CCCCN(c1cc(C)c(Nc2nc3ccccc3s2)nn1)c1ccc(-c2cnn(CC34CC5CC(C)(C3)CC(OCCN(C)C)(C5)C4)c2C)c(C(=O)O)n1. The zero-order chi connectivity index (χ0) is 50.9. The number of aryl methyl sites for hydroxylation is 1. The highest BCUT2D eigenvalue weighted by molar-refractivity contribution is 7.22. The van der Waals surface area contributed by atoms with Crippen LogP contribution in [0.1, 0.15) is 164 Å². The van der Waals surface area contributed by atoms with Crippen molar-refractivity contribution in [2.24, 2.45) is 16.7 Å². The number of nitrogens with one attached hydrogen (secondary N) is 1. The molecule has 1 amide bonds. The maximum absolute atomic E-state index is 13.2. The second-order valence-corrected chi connectivity index (χ2v) is 23.7. The Labute approximate surface area is 432 Å². The van der Waals surface area contributed by atoms with Crippen molar-refractivity contribution in [3.05, 3.63) is 65.6 Å². The van der Waals surface area contributed by atoms with Crippen LogP contribution < -0.4 is 10.2 Å². The quantitative estimate of drug-likeness (QED) is 0.0438. The molecule has 2 N–H and O–H groups in total. The minimum Gasteiger partial charge on any atom is -0.476 e. The van der Waals surface area contributed by atoms with Crippen LogP contribution in [0.25, 0.3) is 21.3 Å². The molecule has 4 aromatic heterocycles. The van der Waals surface area contributed by atoms with E-state index in [2.05, 4.69) is 54.9 Å². The van der Waals surface area contributed by atoms with Crippen LogP contribution in [0.3, 0.4) is 0 Å². The average Bonchev–Trinajstić information content (AvgIpc) is 3.91. The first-order chi connectivity index (χ1) is 34.7. The number of carboxylic acid groups (broad SMARTS) is 1. The Morgan fingerprint density at radius 3 is 2.26 bits per heavy atom. The molecule has 0 aliphatic heterocycles. The standard InChI is InChI=1S/C57H82N10O4S/c1-8-9-10-11-12-13-14-15-16-17-18-25-50(68)65(7)28-21-22-29-66(49-32-41(2)52(63-62-49)61-54-59-46-23-19-20-24-47(46)72-54)48-27-26-44(51(60-48)53(69)70)45-36-58-67(42(45)3)40-56-34-43-33-55(4,37-56)38-57(35-43,39-56)71-31-30-64(5)6/h19-20,23-24,26-27,32,36,43H,8-18,21-22,25,28-31,33-35,37-40H2,1-7H3,(H,69,70)(H,59,61,63). The maximum atomic E-state index is 13.2. The van der Waals surface area contributed by atoms with Crippen LogP contribution in [0.2, 0.25) is 0 Å². The number of ether oxygens (including phenoxy) is 1.